The van der Waals surface area contributed by atoms with E-state index in [-0.39, 0.29) is 19.6 Å². The molecular formula is C30H30N6O6. The summed E-state index contributed by atoms with van der Waals surface area (Å²) in [5.41, 5.74) is 4.01. The van der Waals surface area contributed by atoms with Gasteiger partial charge in [-0.15, -0.1) is 0 Å². The number of anilines is 2. The first-order valence-corrected chi connectivity index (χ1v) is 13.4. The van der Waals surface area contributed by atoms with Crippen LogP contribution in [0.5, 0.6) is 0 Å². The average Bonchev–Trinajstić information content (AvgIpc) is 3.51. The number of urea groups is 1. The fraction of sp³-hybridized carbons (Fsp3) is 0.233. The minimum Gasteiger partial charge on any atom is -0.480 e. The number of carbonyl (C=O) groups is 4. The minimum absolute atomic E-state index is 0.0245. The number of hydrogen-bond donors (Lipinski definition) is 4. The van der Waals surface area contributed by atoms with E-state index in [1.807, 2.05) is 42.5 Å². The second kappa shape index (κ2) is 12.4. The van der Waals surface area contributed by atoms with E-state index < -0.39 is 36.1 Å². The van der Waals surface area contributed by atoms with Crippen molar-refractivity contribution in [1.29, 1.82) is 0 Å². The number of carbonyl (C=O) groups excluding carboxylic acids is 3. The van der Waals surface area contributed by atoms with Crippen molar-refractivity contribution in [3.8, 4) is 0 Å². The van der Waals surface area contributed by atoms with Crippen molar-refractivity contribution in [3.63, 3.8) is 0 Å². The van der Waals surface area contributed by atoms with E-state index >= 15 is 0 Å². The molecule has 3 aromatic carbocycles. The number of nitrogens with one attached hydrogen (secondary N) is 3. The molecule has 1 aliphatic rings. The first kappa shape index (κ1) is 28.1. The van der Waals surface area contributed by atoms with Crippen LogP contribution in [-0.2, 0) is 27.5 Å². The molecule has 1 fully saturated rings. The Morgan fingerprint density at radius 3 is 2.43 bits per heavy atom. The number of aromatic nitrogens is 2. The molecule has 1 aromatic heterocycles. The summed E-state index contributed by atoms with van der Waals surface area (Å²) in [6.07, 6.45) is -1.09. The molecule has 1 aliphatic heterocycles. The molecule has 2 heterocycles. The van der Waals surface area contributed by atoms with Crippen molar-refractivity contribution in [1.82, 2.24) is 20.2 Å². The lowest BCUT2D eigenvalue weighted by Crippen LogP contribution is -2.44. The van der Waals surface area contributed by atoms with Gasteiger partial charge >= 0.3 is 18.1 Å². The van der Waals surface area contributed by atoms with Crippen molar-refractivity contribution in [3.05, 3.63) is 90.0 Å². The Bertz CT molecular complexity index is 1560. The number of para-hydroxylation sites is 2. The van der Waals surface area contributed by atoms with E-state index in [1.54, 1.807) is 43.3 Å². The van der Waals surface area contributed by atoms with Gasteiger partial charge in [-0.2, -0.15) is 0 Å². The van der Waals surface area contributed by atoms with Gasteiger partial charge in [0.15, 0.2) is 0 Å². The summed E-state index contributed by atoms with van der Waals surface area (Å²) in [6, 6.07) is 21.2. The Morgan fingerprint density at radius 1 is 1.00 bits per heavy atom. The number of nitrogens with zero attached hydrogens (tertiary/aromatic N) is 3. The second-order valence-corrected chi connectivity index (χ2v) is 9.83. The van der Waals surface area contributed by atoms with Crippen molar-refractivity contribution < 1.29 is 29.0 Å². The predicted octanol–water partition coefficient (Wildman–Crippen LogP) is 4.10. The number of aromatic amines is 1. The molecule has 2 atom stereocenters. The topological polar surface area (TPSA) is 157 Å². The number of H-pyrrole nitrogens is 1. The highest BCUT2D eigenvalue weighted by Crippen LogP contribution is 2.27. The lowest BCUT2D eigenvalue weighted by atomic mass is 10.2. The van der Waals surface area contributed by atoms with E-state index in [9.17, 15) is 24.3 Å². The van der Waals surface area contributed by atoms with Gasteiger partial charge in [0.25, 0.3) is 5.91 Å². The second-order valence-electron chi connectivity index (χ2n) is 9.83. The van der Waals surface area contributed by atoms with Crippen LogP contribution in [0.4, 0.5) is 21.2 Å². The van der Waals surface area contributed by atoms with Gasteiger partial charge < -0.3 is 25.5 Å². The number of carboxylic acids is 1. The van der Waals surface area contributed by atoms with Gasteiger partial charge in [0.1, 0.15) is 18.7 Å². The Labute approximate surface area is 241 Å². The van der Waals surface area contributed by atoms with Gasteiger partial charge in [-0.1, -0.05) is 54.6 Å². The number of imide groups is 1. The van der Waals surface area contributed by atoms with Gasteiger partial charge in [-0.05, 0) is 48.7 Å². The molecule has 4 aromatic rings. The zero-order chi connectivity index (χ0) is 29.6. The highest BCUT2D eigenvalue weighted by Gasteiger charge is 2.43. The zero-order valence-corrected chi connectivity index (χ0v) is 22.8. The Kier molecular flexibility index (Phi) is 8.32. The molecule has 4 amide bonds. The molecular weight excluding hydrogens is 540 g/mol. The smallest absolute Gasteiger partial charge is 0.408 e. The maximum absolute atomic E-state index is 13.2. The molecule has 0 radical (unpaired) electrons. The lowest BCUT2D eigenvalue weighted by Gasteiger charge is -2.20. The van der Waals surface area contributed by atoms with Gasteiger partial charge in [0.05, 0.1) is 11.0 Å². The van der Waals surface area contributed by atoms with E-state index in [0.717, 1.165) is 27.1 Å². The molecule has 12 heteroatoms. The standard InChI is InChI=1S/C30H30N6O6/c1-19-26(37)35(16-15-25(27(38)39)34-29(40)42-18-21-7-3-2-4-8-21)30(41)36(19)22-13-11-20(12-14-22)17-31-28-32-23-9-5-6-10-24(23)33-28/h2-14,19,25H,15-18H2,1H3,(H,34,40)(H,38,39)(H2,31,32,33)/t19-,25?/m1/s1. The van der Waals surface area contributed by atoms with Crippen LogP contribution in [0.1, 0.15) is 24.5 Å². The molecule has 1 saturated heterocycles. The van der Waals surface area contributed by atoms with E-state index in [2.05, 4.69) is 20.6 Å². The summed E-state index contributed by atoms with van der Waals surface area (Å²) in [7, 11) is 0. The maximum atomic E-state index is 13.2. The molecule has 0 bridgehead atoms. The predicted molar refractivity (Wildman–Crippen MR) is 155 cm³/mol. The highest BCUT2D eigenvalue weighted by atomic mass is 16.5. The number of rotatable bonds is 11. The average molecular weight is 571 g/mol. The third-order valence-corrected chi connectivity index (χ3v) is 6.96. The van der Waals surface area contributed by atoms with Gasteiger partial charge in [0, 0.05) is 18.8 Å². The van der Waals surface area contributed by atoms with Gasteiger partial charge in [-0.25, -0.2) is 19.4 Å². The summed E-state index contributed by atoms with van der Waals surface area (Å²) >= 11 is 0. The summed E-state index contributed by atoms with van der Waals surface area (Å²) in [5, 5.41) is 15.1. The van der Waals surface area contributed by atoms with E-state index in [4.69, 9.17) is 4.74 Å². The number of carboxylic acid groups (broad SMARTS) is 1. The molecule has 0 saturated carbocycles. The Balaban J connectivity index is 1.16. The van der Waals surface area contributed by atoms with Crippen LogP contribution in [0, 0.1) is 0 Å². The summed E-state index contributed by atoms with van der Waals surface area (Å²) in [4.78, 5) is 60.2. The number of aliphatic carboxylic acids is 1. The van der Waals surface area contributed by atoms with Crippen LogP contribution in [-0.4, -0.2) is 62.6 Å². The van der Waals surface area contributed by atoms with Crippen LogP contribution in [0.25, 0.3) is 11.0 Å². The fourth-order valence-electron chi connectivity index (χ4n) is 4.69. The molecule has 4 N–H and O–H groups in total. The number of fused-ring (bicyclic) bond motifs is 1. The lowest BCUT2D eigenvalue weighted by molar-refractivity contribution is -0.140. The Morgan fingerprint density at radius 2 is 1.71 bits per heavy atom. The van der Waals surface area contributed by atoms with Crippen LogP contribution in [0.2, 0.25) is 0 Å². The van der Waals surface area contributed by atoms with Gasteiger partial charge in [0.2, 0.25) is 5.95 Å². The molecule has 12 nitrogen and oxygen atoms in total. The van der Waals surface area contributed by atoms with Crippen molar-refractivity contribution in [2.75, 3.05) is 16.8 Å². The molecule has 42 heavy (non-hydrogen) atoms. The van der Waals surface area contributed by atoms with Crippen LogP contribution in [0.15, 0.2) is 78.9 Å². The fourth-order valence-corrected chi connectivity index (χ4v) is 4.69. The summed E-state index contributed by atoms with van der Waals surface area (Å²) in [5.74, 6) is -1.11. The Hall–Kier alpha value is -5.39. The maximum Gasteiger partial charge on any atom is 0.408 e. The zero-order valence-electron chi connectivity index (χ0n) is 22.8. The highest BCUT2D eigenvalue weighted by molar-refractivity contribution is 6.14. The van der Waals surface area contributed by atoms with Crippen LogP contribution in [0.3, 0.4) is 0 Å². The van der Waals surface area contributed by atoms with Crippen molar-refractivity contribution in [2.45, 2.75) is 38.6 Å². The number of amides is 4. The van der Waals surface area contributed by atoms with Crippen molar-refractivity contribution in [2.24, 2.45) is 0 Å². The minimum atomic E-state index is -1.35. The number of alkyl carbamates (subject to hydrolysis) is 1. The van der Waals surface area contributed by atoms with Crippen molar-refractivity contribution >= 4 is 46.7 Å². The third kappa shape index (κ3) is 6.33. The molecule has 0 spiro atoms. The first-order chi connectivity index (χ1) is 20.3. The number of ether oxygens (including phenoxy) is 1. The van der Waals surface area contributed by atoms with Gasteiger partial charge in [-0.3, -0.25) is 14.6 Å². The summed E-state index contributed by atoms with van der Waals surface area (Å²) in [6.45, 7) is 1.90. The molecule has 1 unspecified atom stereocenters. The quantitative estimate of drug-likeness (QED) is 0.196. The molecule has 5 rings (SSSR count). The summed E-state index contributed by atoms with van der Waals surface area (Å²) < 4.78 is 5.10. The molecule has 216 valence electrons. The van der Waals surface area contributed by atoms with Crippen LogP contribution < -0.4 is 15.5 Å². The van der Waals surface area contributed by atoms with E-state index in [0.29, 0.717) is 18.2 Å². The number of imidazole rings is 1. The number of benzene rings is 3. The normalized spacial score (nSPS) is 15.6. The SMILES string of the molecule is C[C@@H]1C(=O)N(CCC(NC(=O)OCc2ccccc2)C(=O)O)C(=O)N1c1ccc(CNc2nc3ccccc3[nH]2)cc1. The molecule has 0 aliphatic carbocycles. The first-order valence-electron chi connectivity index (χ1n) is 13.4. The monoisotopic (exact) mass is 570 g/mol. The van der Waals surface area contributed by atoms with E-state index in [1.165, 1.54) is 4.90 Å². The largest absolute Gasteiger partial charge is 0.480 e. The number of hydrogen-bond acceptors (Lipinski definition) is 7. The third-order valence-electron chi connectivity index (χ3n) is 6.96. The van der Waals surface area contributed by atoms with Crippen LogP contribution >= 0.6 is 0 Å².